The number of fused-ring (bicyclic) bond motifs is 1. The van der Waals surface area contributed by atoms with Gasteiger partial charge in [-0.25, -0.2) is 4.98 Å². The SMILES string of the molecule is CCc1nn(C)c2c1nc(C(C)Cl)n2C(COC)C(C)C. The maximum Gasteiger partial charge on any atom is 0.159 e. The van der Waals surface area contributed by atoms with E-state index in [9.17, 15) is 0 Å². The molecule has 0 saturated carbocycles. The van der Waals surface area contributed by atoms with E-state index in [0.717, 1.165) is 29.1 Å². The smallest absolute Gasteiger partial charge is 0.159 e. The molecule has 0 aliphatic carbocycles. The monoisotopic (exact) mass is 312 g/mol. The molecule has 0 spiro atoms. The van der Waals surface area contributed by atoms with Gasteiger partial charge in [-0.1, -0.05) is 20.8 Å². The van der Waals surface area contributed by atoms with E-state index in [-0.39, 0.29) is 11.4 Å². The zero-order valence-electron chi connectivity index (χ0n) is 13.7. The highest BCUT2D eigenvalue weighted by Crippen LogP contribution is 2.32. The molecule has 2 atom stereocenters. The Balaban J connectivity index is 2.73. The minimum atomic E-state index is -0.153. The number of aromatic nitrogens is 4. The van der Waals surface area contributed by atoms with Crippen LogP contribution in [0.15, 0.2) is 0 Å². The molecule has 2 aromatic rings. The second-order valence-corrected chi connectivity index (χ2v) is 6.47. The molecule has 6 heteroatoms. The van der Waals surface area contributed by atoms with Crippen LogP contribution in [0.5, 0.6) is 0 Å². The maximum absolute atomic E-state index is 6.38. The van der Waals surface area contributed by atoms with Crippen LogP contribution in [-0.4, -0.2) is 33.0 Å². The normalized spacial score (nSPS) is 15.0. The van der Waals surface area contributed by atoms with Gasteiger partial charge in [-0.05, 0) is 19.3 Å². The van der Waals surface area contributed by atoms with Gasteiger partial charge in [0.1, 0.15) is 11.3 Å². The Bertz CT molecular complexity index is 615. The lowest BCUT2D eigenvalue weighted by atomic mass is 10.0. The summed E-state index contributed by atoms with van der Waals surface area (Å²) >= 11 is 6.38. The van der Waals surface area contributed by atoms with Crippen LogP contribution in [0.25, 0.3) is 11.2 Å². The Labute approximate surface area is 131 Å². The van der Waals surface area contributed by atoms with Crippen molar-refractivity contribution < 1.29 is 4.74 Å². The molecular weight excluding hydrogens is 288 g/mol. The van der Waals surface area contributed by atoms with E-state index in [4.69, 9.17) is 21.3 Å². The van der Waals surface area contributed by atoms with Crippen LogP contribution in [0.1, 0.15) is 50.6 Å². The Kier molecular flexibility index (Phi) is 4.94. The fourth-order valence-electron chi connectivity index (χ4n) is 2.80. The Morgan fingerprint density at radius 3 is 2.43 bits per heavy atom. The first-order chi connectivity index (χ1) is 9.92. The molecule has 0 fully saturated rings. The molecule has 2 rings (SSSR count). The molecule has 2 aromatic heterocycles. The van der Waals surface area contributed by atoms with E-state index >= 15 is 0 Å². The van der Waals surface area contributed by atoms with Crippen molar-refractivity contribution in [1.29, 1.82) is 0 Å². The van der Waals surface area contributed by atoms with Gasteiger partial charge in [-0.2, -0.15) is 5.10 Å². The van der Waals surface area contributed by atoms with Gasteiger partial charge in [-0.3, -0.25) is 4.68 Å². The Morgan fingerprint density at radius 1 is 1.29 bits per heavy atom. The Hall–Kier alpha value is -1.07. The third-order valence-corrected chi connectivity index (χ3v) is 4.09. The highest BCUT2D eigenvalue weighted by Gasteiger charge is 2.27. The van der Waals surface area contributed by atoms with Crippen molar-refractivity contribution in [2.24, 2.45) is 13.0 Å². The summed E-state index contributed by atoms with van der Waals surface area (Å²) in [6, 6.07) is 0.191. The second-order valence-electron chi connectivity index (χ2n) is 5.82. The summed E-state index contributed by atoms with van der Waals surface area (Å²) < 4.78 is 9.55. The van der Waals surface area contributed by atoms with E-state index in [1.165, 1.54) is 0 Å². The minimum absolute atomic E-state index is 0.153. The molecule has 0 radical (unpaired) electrons. The summed E-state index contributed by atoms with van der Waals surface area (Å²) in [5, 5.41) is 4.43. The van der Waals surface area contributed by atoms with Crippen molar-refractivity contribution in [1.82, 2.24) is 19.3 Å². The number of halogens is 1. The molecule has 0 saturated heterocycles. The summed E-state index contributed by atoms with van der Waals surface area (Å²) in [6.07, 6.45) is 0.862. The number of imidazole rings is 1. The van der Waals surface area contributed by atoms with Gasteiger partial charge in [0.2, 0.25) is 0 Å². The first-order valence-electron chi connectivity index (χ1n) is 7.49. The van der Waals surface area contributed by atoms with Crippen molar-refractivity contribution in [3.63, 3.8) is 0 Å². The van der Waals surface area contributed by atoms with Gasteiger partial charge in [0.25, 0.3) is 0 Å². The zero-order valence-corrected chi connectivity index (χ0v) is 14.5. The molecule has 0 N–H and O–H groups in total. The van der Waals surface area contributed by atoms with Gasteiger partial charge in [0, 0.05) is 14.2 Å². The fourth-order valence-corrected chi connectivity index (χ4v) is 2.96. The van der Waals surface area contributed by atoms with Crippen molar-refractivity contribution in [3.05, 3.63) is 11.5 Å². The molecule has 2 heterocycles. The van der Waals surface area contributed by atoms with Crippen LogP contribution in [0.2, 0.25) is 0 Å². The number of rotatable bonds is 6. The van der Waals surface area contributed by atoms with Crippen molar-refractivity contribution in [3.8, 4) is 0 Å². The quantitative estimate of drug-likeness (QED) is 0.767. The van der Waals surface area contributed by atoms with Crippen LogP contribution in [0.3, 0.4) is 0 Å². The highest BCUT2D eigenvalue weighted by atomic mass is 35.5. The molecule has 0 bridgehead atoms. The average Bonchev–Trinajstić information content (AvgIpc) is 2.94. The second kappa shape index (κ2) is 6.36. The summed E-state index contributed by atoms with van der Waals surface area (Å²) in [6.45, 7) is 9.07. The lowest BCUT2D eigenvalue weighted by Crippen LogP contribution is -2.23. The number of aryl methyl sites for hydroxylation is 2. The lowest BCUT2D eigenvalue weighted by Gasteiger charge is -2.25. The number of methoxy groups -OCH3 is 1. The first-order valence-corrected chi connectivity index (χ1v) is 7.92. The third-order valence-electron chi connectivity index (χ3n) is 3.89. The summed E-state index contributed by atoms with van der Waals surface area (Å²) in [7, 11) is 3.69. The molecule has 118 valence electrons. The first kappa shape index (κ1) is 16.3. The van der Waals surface area contributed by atoms with Crippen LogP contribution >= 0.6 is 11.6 Å². The number of alkyl halides is 1. The predicted molar refractivity (Wildman–Crippen MR) is 85.9 cm³/mol. The largest absolute Gasteiger partial charge is 0.383 e. The van der Waals surface area contributed by atoms with Gasteiger partial charge in [0.15, 0.2) is 5.65 Å². The number of ether oxygens (including phenoxy) is 1. The summed E-state index contributed by atoms with van der Waals surface area (Å²) in [4.78, 5) is 4.78. The fraction of sp³-hybridized carbons (Fsp3) is 0.733. The predicted octanol–water partition coefficient (Wildman–Crippen LogP) is 3.48. The van der Waals surface area contributed by atoms with Crippen molar-refractivity contribution in [2.45, 2.75) is 45.5 Å². The van der Waals surface area contributed by atoms with E-state index in [1.807, 2.05) is 18.7 Å². The number of nitrogens with zero attached hydrogens (tertiary/aromatic N) is 4. The average molecular weight is 313 g/mol. The lowest BCUT2D eigenvalue weighted by molar-refractivity contribution is 0.133. The van der Waals surface area contributed by atoms with Crippen LogP contribution in [0.4, 0.5) is 0 Å². The molecule has 21 heavy (non-hydrogen) atoms. The van der Waals surface area contributed by atoms with Crippen LogP contribution in [-0.2, 0) is 18.2 Å². The molecule has 2 unspecified atom stereocenters. The molecular formula is C15H25ClN4O. The van der Waals surface area contributed by atoms with Gasteiger partial charge in [0.05, 0.1) is 23.7 Å². The topological polar surface area (TPSA) is 44.9 Å². The Morgan fingerprint density at radius 2 is 1.95 bits per heavy atom. The maximum atomic E-state index is 6.38. The van der Waals surface area contributed by atoms with E-state index in [2.05, 4.69) is 30.4 Å². The summed E-state index contributed by atoms with van der Waals surface area (Å²) in [5.74, 6) is 1.31. The van der Waals surface area contributed by atoms with Gasteiger partial charge in [-0.15, -0.1) is 11.6 Å². The number of hydrogen-bond donors (Lipinski definition) is 0. The zero-order chi connectivity index (χ0) is 15.7. The van der Waals surface area contributed by atoms with Gasteiger partial charge >= 0.3 is 0 Å². The molecule has 0 aliphatic rings. The van der Waals surface area contributed by atoms with Crippen LogP contribution < -0.4 is 0 Å². The van der Waals surface area contributed by atoms with Crippen LogP contribution in [0, 0.1) is 5.92 Å². The standard InChI is InChI=1S/C15H25ClN4O/c1-7-11-13-15(19(5)18-11)20(14(17-13)10(4)16)12(8-21-6)9(2)3/h9-10,12H,7-8H2,1-6H3. The van der Waals surface area contributed by atoms with E-state index < -0.39 is 0 Å². The van der Waals surface area contributed by atoms with Crippen molar-refractivity contribution >= 4 is 22.8 Å². The number of hydrogen-bond acceptors (Lipinski definition) is 3. The highest BCUT2D eigenvalue weighted by molar-refractivity contribution is 6.20. The molecule has 5 nitrogen and oxygen atoms in total. The molecule has 0 amide bonds. The van der Waals surface area contributed by atoms with Crippen molar-refractivity contribution in [2.75, 3.05) is 13.7 Å². The molecule has 0 aliphatic heterocycles. The minimum Gasteiger partial charge on any atom is -0.383 e. The molecule has 0 aromatic carbocycles. The van der Waals surface area contributed by atoms with Gasteiger partial charge < -0.3 is 9.30 Å². The summed E-state index contributed by atoms with van der Waals surface area (Å²) in [5.41, 5.74) is 3.01. The van der Waals surface area contributed by atoms with E-state index in [0.29, 0.717) is 12.5 Å². The van der Waals surface area contributed by atoms with E-state index in [1.54, 1.807) is 7.11 Å². The third kappa shape index (κ3) is 2.81.